The standard InChI is InChI=1S/C23H28N2O2/c1-26-19-5-3-17(4-6-19)9-12-25-13-10-18(11-14-25)22-16-24-23-8-7-20(27-2)15-21(22)23/h3-8,15-16,18,24H,9-14H2,1-2H3. The van der Waals surface area contributed by atoms with Crippen LogP contribution in [0, 0.1) is 0 Å². The summed E-state index contributed by atoms with van der Waals surface area (Å²) < 4.78 is 10.6. The highest BCUT2D eigenvalue weighted by Gasteiger charge is 2.22. The van der Waals surface area contributed by atoms with Gasteiger partial charge in [-0.15, -0.1) is 0 Å². The first-order valence-corrected chi connectivity index (χ1v) is 9.77. The predicted octanol–water partition coefficient (Wildman–Crippen LogP) is 4.61. The van der Waals surface area contributed by atoms with Crippen molar-refractivity contribution >= 4 is 10.9 Å². The van der Waals surface area contributed by atoms with Crippen LogP contribution in [0.4, 0.5) is 0 Å². The van der Waals surface area contributed by atoms with Gasteiger partial charge in [0.2, 0.25) is 0 Å². The Hall–Kier alpha value is -2.46. The molecule has 0 saturated carbocycles. The van der Waals surface area contributed by atoms with Crippen LogP contribution in [0.5, 0.6) is 11.5 Å². The minimum absolute atomic E-state index is 0.628. The summed E-state index contributed by atoms with van der Waals surface area (Å²) in [5.74, 6) is 2.48. The van der Waals surface area contributed by atoms with E-state index in [0.29, 0.717) is 5.92 Å². The van der Waals surface area contributed by atoms with Gasteiger partial charge in [-0.25, -0.2) is 0 Å². The van der Waals surface area contributed by atoms with Crippen molar-refractivity contribution in [2.45, 2.75) is 25.2 Å². The fourth-order valence-corrected chi connectivity index (χ4v) is 4.13. The van der Waals surface area contributed by atoms with E-state index < -0.39 is 0 Å². The van der Waals surface area contributed by atoms with Gasteiger partial charge in [0.15, 0.2) is 0 Å². The summed E-state index contributed by atoms with van der Waals surface area (Å²) in [5, 5.41) is 1.31. The van der Waals surface area contributed by atoms with E-state index in [9.17, 15) is 0 Å². The highest BCUT2D eigenvalue weighted by Crippen LogP contribution is 2.34. The minimum atomic E-state index is 0.628. The summed E-state index contributed by atoms with van der Waals surface area (Å²) in [5.41, 5.74) is 4.02. The molecular formula is C23H28N2O2. The molecule has 1 aromatic heterocycles. The molecule has 142 valence electrons. The number of hydrogen-bond acceptors (Lipinski definition) is 3. The molecule has 0 bridgehead atoms. The molecule has 3 aromatic rings. The Morgan fingerprint density at radius 2 is 1.67 bits per heavy atom. The van der Waals surface area contributed by atoms with Gasteiger partial charge in [-0.2, -0.15) is 0 Å². The van der Waals surface area contributed by atoms with Crippen LogP contribution >= 0.6 is 0 Å². The average molecular weight is 364 g/mol. The number of likely N-dealkylation sites (tertiary alicyclic amines) is 1. The van der Waals surface area contributed by atoms with Crippen LogP contribution in [-0.4, -0.2) is 43.7 Å². The average Bonchev–Trinajstić information content (AvgIpc) is 3.16. The van der Waals surface area contributed by atoms with Gasteiger partial charge in [0.1, 0.15) is 11.5 Å². The van der Waals surface area contributed by atoms with E-state index in [1.807, 2.05) is 18.2 Å². The number of hydrogen-bond donors (Lipinski definition) is 1. The monoisotopic (exact) mass is 364 g/mol. The first-order valence-electron chi connectivity index (χ1n) is 9.77. The summed E-state index contributed by atoms with van der Waals surface area (Å²) in [6.45, 7) is 3.45. The number of aromatic amines is 1. The Labute approximate surface area is 161 Å². The molecule has 1 saturated heterocycles. The molecule has 0 unspecified atom stereocenters. The molecule has 0 amide bonds. The first kappa shape index (κ1) is 17.9. The molecule has 1 aliphatic heterocycles. The van der Waals surface area contributed by atoms with Crippen molar-refractivity contribution in [3.63, 3.8) is 0 Å². The third-order valence-corrected chi connectivity index (χ3v) is 5.82. The number of nitrogens with one attached hydrogen (secondary N) is 1. The number of benzene rings is 2. The number of piperidine rings is 1. The maximum Gasteiger partial charge on any atom is 0.119 e. The molecule has 0 atom stereocenters. The Bertz CT molecular complexity index is 877. The molecule has 2 aromatic carbocycles. The third kappa shape index (κ3) is 3.96. The number of ether oxygens (including phenoxy) is 2. The number of fused-ring (bicyclic) bond motifs is 1. The Morgan fingerprint density at radius 1 is 0.963 bits per heavy atom. The number of rotatable bonds is 6. The molecule has 0 radical (unpaired) electrons. The van der Waals surface area contributed by atoms with Crippen LogP contribution in [0.3, 0.4) is 0 Å². The van der Waals surface area contributed by atoms with Crippen molar-refractivity contribution < 1.29 is 9.47 Å². The predicted molar refractivity (Wildman–Crippen MR) is 110 cm³/mol. The highest BCUT2D eigenvalue weighted by molar-refractivity contribution is 5.85. The molecule has 1 N–H and O–H groups in total. The van der Waals surface area contributed by atoms with E-state index >= 15 is 0 Å². The molecule has 27 heavy (non-hydrogen) atoms. The van der Waals surface area contributed by atoms with Crippen molar-refractivity contribution in [3.05, 3.63) is 59.8 Å². The Balaban J connectivity index is 1.34. The van der Waals surface area contributed by atoms with E-state index in [1.54, 1.807) is 14.2 Å². The summed E-state index contributed by atoms with van der Waals surface area (Å²) in [7, 11) is 3.44. The Morgan fingerprint density at radius 3 is 2.37 bits per heavy atom. The first-order chi connectivity index (χ1) is 13.3. The maximum atomic E-state index is 5.41. The van der Waals surface area contributed by atoms with Gasteiger partial charge in [-0.05, 0) is 79.7 Å². The highest BCUT2D eigenvalue weighted by atomic mass is 16.5. The smallest absolute Gasteiger partial charge is 0.119 e. The number of nitrogens with zero attached hydrogens (tertiary/aromatic N) is 1. The van der Waals surface area contributed by atoms with Crippen molar-refractivity contribution in [2.24, 2.45) is 0 Å². The van der Waals surface area contributed by atoms with Gasteiger partial charge >= 0.3 is 0 Å². The zero-order chi connectivity index (χ0) is 18.6. The van der Waals surface area contributed by atoms with Gasteiger partial charge in [0, 0.05) is 23.6 Å². The second kappa shape index (κ2) is 8.05. The van der Waals surface area contributed by atoms with Crippen LogP contribution in [0.1, 0.15) is 29.9 Å². The summed E-state index contributed by atoms with van der Waals surface area (Å²) in [4.78, 5) is 6.02. The SMILES string of the molecule is COc1ccc(CCN2CCC(c3c[nH]c4ccc(OC)cc34)CC2)cc1. The lowest BCUT2D eigenvalue weighted by molar-refractivity contribution is 0.215. The molecule has 1 aliphatic rings. The molecule has 4 rings (SSSR count). The molecular weight excluding hydrogens is 336 g/mol. The van der Waals surface area contributed by atoms with E-state index in [4.69, 9.17) is 9.47 Å². The van der Waals surface area contributed by atoms with E-state index in [0.717, 1.165) is 37.6 Å². The maximum absolute atomic E-state index is 5.41. The molecule has 0 aliphatic carbocycles. The van der Waals surface area contributed by atoms with Crippen molar-refractivity contribution in [1.82, 2.24) is 9.88 Å². The number of methoxy groups -OCH3 is 2. The second-order valence-corrected chi connectivity index (χ2v) is 7.37. The largest absolute Gasteiger partial charge is 0.497 e. The number of aromatic nitrogens is 1. The van der Waals surface area contributed by atoms with Crippen LogP contribution in [0.2, 0.25) is 0 Å². The molecule has 2 heterocycles. The fourth-order valence-electron chi connectivity index (χ4n) is 4.13. The fraction of sp³-hybridized carbons (Fsp3) is 0.391. The van der Waals surface area contributed by atoms with Crippen molar-refractivity contribution in [1.29, 1.82) is 0 Å². The lowest BCUT2D eigenvalue weighted by Crippen LogP contribution is -2.34. The van der Waals surface area contributed by atoms with E-state index in [1.165, 1.54) is 34.9 Å². The van der Waals surface area contributed by atoms with Crippen LogP contribution < -0.4 is 9.47 Å². The summed E-state index contributed by atoms with van der Waals surface area (Å²) >= 11 is 0. The van der Waals surface area contributed by atoms with Gasteiger partial charge in [0.25, 0.3) is 0 Å². The molecule has 4 heteroatoms. The molecule has 4 nitrogen and oxygen atoms in total. The normalized spacial score (nSPS) is 15.9. The van der Waals surface area contributed by atoms with Crippen LogP contribution in [0.25, 0.3) is 10.9 Å². The lowest BCUT2D eigenvalue weighted by Gasteiger charge is -2.32. The summed E-state index contributed by atoms with van der Waals surface area (Å²) in [6.07, 6.45) is 5.72. The van der Waals surface area contributed by atoms with Gasteiger partial charge in [0.05, 0.1) is 14.2 Å². The second-order valence-electron chi connectivity index (χ2n) is 7.37. The van der Waals surface area contributed by atoms with Crippen molar-refractivity contribution in [3.8, 4) is 11.5 Å². The lowest BCUT2D eigenvalue weighted by atomic mass is 9.89. The summed E-state index contributed by atoms with van der Waals surface area (Å²) in [6, 6.07) is 14.7. The zero-order valence-corrected chi connectivity index (χ0v) is 16.2. The minimum Gasteiger partial charge on any atom is -0.497 e. The van der Waals surface area contributed by atoms with Gasteiger partial charge in [-0.1, -0.05) is 12.1 Å². The third-order valence-electron chi connectivity index (χ3n) is 5.82. The van der Waals surface area contributed by atoms with Gasteiger partial charge < -0.3 is 19.4 Å². The van der Waals surface area contributed by atoms with Gasteiger partial charge in [-0.3, -0.25) is 0 Å². The Kier molecular flexibility index (Phi) is 5.35. The number of H-pyrrole nitrogens is 1. The van der Waals surface area contributed by atoms with Crippen LogP contribution in [0.15, 0.2) is 48.7 Å². The van der Waals surface area contributed by atoms with E-state index in [-0.39, 0.29) is 0 Å². The zero-order valence-electron chi connectivity index (χ0n) is 16.2. The molecule has 0 spiro atoms. The quantitative estimate of drug-likeness (QED) is 0.694. The van der Waals surface area contributed by atoms with E-state index in [2.05, 4.69) is 40.3 Å². The molecule has 1 fully saturated rings. The van der Waals surface area contributed by atoms with Crippen molar-refractivity contribution in [2.75, 3.05) is 33.9 Å². The van der Waals surface area contributed by atoms with Crippen LogP contribution in [-0.2, 0) is 6.42 Å². The topological polar surface area (TPSA) is 37.5 Å².